The number of halogens is 1. The van der Waals surface area contributed by atoms with Gasteiger partial charge in [0, 0.05) is 23.7 Å². The molecule has 0 aliphatic carbocycles. The number of carbonyl (C=O) groups is 1. The molecule has 0 fully saturated rings. The van der Waals surface area contributed by atoms with E-state index in [1.807, 2.05) is 24.3 Å². The Hall–Kier alpha value is -2.55. The van der Waals surface area contributed by atoms with Gasteiger partial charge in [0.1, 0.15) is 5.82 Å². The first-order valence-corrected chi connectivity index (χ1v) is 11.7. The molecule has 8 heteroatoms. The summed E-state index contributed by atoms with van der Waals surface area (Å²) in [5, 5.41) is 2.96. The van der Waals surface area contributed by atoms with E-state index in [0.29, 0.717) is 30.1 Å². The van der Waals surface area contributed by atoms with Crippen molar-refractivity contribution in [2.24, 2.45) is 0 Å². The highest BCUT2D eigenvalue weighted by atomic mass is 32.2. The lowest BCUT2D eigenvalue weighted by atomic mass is 9.99. The Kier molecular flexibility index (Phi) is 5.24. The van der Waals surface area contributed by atoms with E-state index in [9.17, 15) is 17.6 Å². The van der Waals surface area contributed by atoms with Crippen LogP contribution in [0.3, 0.4) is 0 Å². The molecule has 150 valence electrons. The van der Waals surface area contributed by atoms with Crippen molar-refractivity contribution in [3.63, 3.8) is 0 Å². The maximum Gasteiger partial charge on any atom is 0.265 e. The number of fused-ring (bicyclic) bond motifs is 1. The number of anilines is 1. The lowest BCUT2D eigenvalue weighted by Gasteiger charge is -2.28. The molecule has 29 heavy (non-hydrogen) atoms. The third-order valence-corrected chi connectivity index (χ3v) is 7.29. The Morgan fingerprint density at radius 2 is 1.86 bits per heavy atom. The molecule has 0 spiro atoms. The zero-order valence-corrected chi connectivity index (χ0v) is 17.3. The van der Waals surface area contributed by atoms with E-state index in [1.54, 1.807) is 18.2 Å². The molecule has 3 aromatic rings. The third-order valence-electron chi connectivity index (χ3n) is 4.91. The molecule has 4 rings (SSSR count). The fourth-order valence-corrected chi connectivity index (χ4v) is 5.10. The number of thiophene rings is 1. The third kappa shape index (κ3) is 4.24. The molecule has 1 N–H and O–H groups in total. The summed E-state index contributed by atoms with van der Waals surface area (Å²) in [5.41, 5.74) is 3.43. The first-order valence-electron chi connectivity index (χ1n) is 9.04. The van der Waals surface area contributed by atoms with E-state index in [0.717, 1.165) is 21.6 Å². The zero-order chi connectivity index (χ0) is 20.6. The second-order valence-electron chi connectivity index (χ2n) is 6.91. The van der Waals surface area contributed by atoms with Crippen molar-refractivity contribution in [2.75, 3.05) is 18.1 Å². The topological polar surface area (TPSA) is 66.5 Å². The van der Waals surface area contributed by atoms with Crippen molar-refractivity contribution in [1.82, 2.24) is 4.31 Å². The normalized spacial score (nSPS) is 14.4. The average molecular weight is 431 g/mol. The van der Waals surface area contributed by atoms with Gasteiger partial charge in [-0.2, -0.15) is 4.31 Å². The van der Waals surface area contributed by atoms with E-state index in [-0.39, 0.29) is 11.7 Å². The number of amides is 1. The summed E-state index contributed by atoms with van der Waals surface area (Å²) >= 11 is 1.34. The molecule has 0 saturated carbocycles. The van der Waals surface area contributed by atoms with E-state index in [2.05, 4.69) is 5.32 Å². The van der Waals surface area contributed by atoms with Crippen LogP contribution in [0, 0.1) is 5.82 Å². The number of nitrogens with zero attached hydrogens (tertiary/aromatic N) is 1. The summed E-state index contributed by atoms with van der Waals surface area (Å²) in [6.07, 6.45) is 1.75. The van der Waals surface area contributed by atoms with Crippen LogP contribution in [0.25, 0.3) is 10.4 Å². The molecular formula is C21H19FN2O3S2. The van der Waals surface area contributed by atoms with Crippen molar-refractivity contribution < 1.29 is 17.6 Å². The van der Waals surface area contributed by atoms with Gasteiger partial charge in [-0.3, -0.25) is 4.79 Å². The monoisotopic (exact) mass is 430 g/mol. The second kappa shape index (κ2) is 7.70. The molecule has 1 aliphatic heterocycles. The van der Waals surface area contributed by atoms with Gasteiger partial charge < -0.3 is 5.32 Å². The smallest absolute Gasteiger partial charge is 0.265 e. The highest BCUT2D eigenvalue weighted by Crippen LogP contribution is 2.31. The van der Waals surface area contributed by atoms with Crippen LogP contribution in [0.15, 0.2) is 54.6 Å². The summed E-state index contributed by atoms with van der Waals surface area (Å²) in [6, 6.07) is 15.3. The number of sulfonamides is 1. The Morgan fingerprint density at radius 1 is 1.10 bits per heavy atom. The Balaban J connectivity index is 1.54. The maximum absolute atomic E-state index is 13.1. The first-order chi connectivity index (χ1) is 13.8. The molecule has 2 heterocycles. The predicted molar refractivity (Wildman–Crippen MR) is 113 cm³/mol. The highest BCUT2D eigenvalue weighted by molar-refractivity contribution is 7.88. The minimum Gasteiger partial charge on any atom is -0.321 e. The quantitative estimate of drug-likeness (QED) is 0.677. The van der Waals surface area contributed by atoms with Gasteiger partial charge in [-0.1, -0.05) is 24.3 Å². The molecule has 1 amide bonds. The van der Waals surface area contributed by atoms with E-state index in [4.69, 9.17) is 0 Å². The van der Waals surface area contributed by atoms with Crippen LogP contribution in [0.1, 0.15) is 20.8 Å². The van der Waals surface area contributed by atoms with Gasteiger partial charge >= 0.3 is 0 Å². The lowest BCUT2D eigenvalue weighted by Crippen LogP contribution is -2.35. The van der Waals surface area contributed by atoms with Gasteiger partial charge in [0.15, 0.2) is 0 Å². The van der Waals surface area contributed by atoms with E-state index >= 15 is 0 Å². The fraction of sp³-hybridized carbons (Fsp3) is 0.190. The second-order valence-corrected chi connectivity index (χ2v) is 9.98. The molecular weight excluding hydrogens is 411 g/mol. The SMILES string of the molecule is CS(=O)(=O)N1CCc2c(cccc2NC(=O)c2ccc(-c3ccc(F)cc3)s2)C1. The molecule has 0 bridgehead atoms. The molecule has 2 aromatic carbocycles. The molecule has 0 atom stereocenters. The molecule has 1 aliphatic rings. The maximum atomic E-state index is 13.1. The number of benzene rings is 2. The van der Waals surface area contributed by atoms with Gasteiger partial charge in [-0.25, -0.2) is 12.8 Å². The van der Waals surface area contributed by atoms with Gasteiger partial charge in [-0.05, 0) is 53.4 Å². The average Bonchev–Trinajstić information content (AvgIpc) is 3.18. The largest absolute Gasteiger partial charge is 0.321 e. The van der Waals surface area contributed by atoms with Crippen LogP contribution >= 0.6 is 11.3 Å². The first kappa shape index (κ1) is 19.8. The van der Waals surface area contributed by atoms with Crippen molar-refractivity contribution >= 4 is 33.0 Å². The number of carbonyl (C=O) groups excluding carboxylic acids is 1. The van der Waals surface area contributed by atoms with Gasteiger partial charge in [0.05, 0.1) is 11.1 Å². The molecule has 0 unspecified atom stereocenters. The molecule has 5 nitrogen and oxygen atoms in total. The van der Waals surface area contributed by atoms with Crippen LogP contribution in [-0.2, 0) is 23.0 Å². The zero-order valence-electron chi connectivity index (χ0n) is 15.7. The van der Waals surface area contributed by atoms with Crippen LogP contribution in [-0.4, -0.2) is 31.4 Å². The summed E-state index contributed by atoms with van der Waals surface area (Å²) in [7, 11) is -3.25. The minimum atomic E-state index is -3.25. The molecule has 0 radical (unpaired) electrons. The molecule has 0 saturated heterocycles. The van der Waals surface area contributed by atoms with Gasteiger partial charge in [0.2, 0.25) is 10.0 Å². The van der Waals surface area contributed by atoms with Crippen molar-refractivity contribution in [3.8, 4) is 10.4 Å². The van der Waals surface area contributed by atoms with Gasteiger partial charge in [-0.15, -0.1) is 11.3 Å². The van der Waals surface area contributed by atoms with Crippen LogP contribution in [0.5, 0.6) is 0 Å². The van der Waals surface area contributed by atoms with Gasteiger partial charge in [0.25, 0.3) is 5.91 Å². The van der Waals surface area contributed by atoms with Crippen molar-refractivity contribution in [2.45, 2.75) is 13.0 Å². The fourth-order valence-electron chi connectivity index (χ4n) is 3.40. The Bertz CT molecular complexity index is 1170. The summed E-state index contributed by atoms with van der Waals surface area (Å²) in [6.45, 7) is 0.706. The summed E-state index contributed by atoms with van der Waals surface area (Å²) < 4.78 is 38.2. The number of hydrogen-bond acceptors (Lipinski definition) is 4. The Morgan fingerprint density at radius 3 is 2.59 bits per heavy atom. The predicted octanol–water partition coefficient (Wildman–Crippen LogP) is 4.12. The van der Waals surface area contributed by atoms with Crippen LogP contribution in [0.4, 0.5) is 10.1 Å². The standard InChI is InChI=1S/C21H19FN2O3S2/c1-29(26,27)24-12-11-17-15(13-24)3-2-4-18(17)23-21(25)20-10-9-19(28-20)14-5-7-16(22)8-6-14/h2-10H,11-13H2,1H3,(H,23,25). The number of rotatable bonds is 4. The van der Waals surface area contributed by atoms with Crippen LogP contribution in [0.2, 0.25) is 0 Å². The summed E-state index contributed by atoms with van der Waals surface area (Å²) in [5.74, 6) is -0.520. The van der Waals surface area contributed by atoms with E-state index < -0.39 is 10.0 Å². The molecule has 1 aromatic heterocycles. The number of hydrogen-bond donors (Lipinski definition) is 1. The Labute approximate surface area is 172 Å². The minimum absolute atomic E-state index is 0.220. The number of nitrogens with one attached hydrogen (secondary N) is 1. The van der Waals surface area contributed by atoms with Crippen molar-refractivity contribution in [3.05, 3.63) is 76.4 Å². The highest BCUT2D eigenvalue weighted by Gasteiger charge is 2.25. The van der Waals surface area contributed by atoms with E-state index in [1.165, 1.54) is 34.0 Å². The van der Waals surface area contributed by atoms with Crippen molar-refractivity contribution in [1.29, 1.82) is 0 Å². The lowest BCUT2D eigenvalue weighted by molar-refractivity contribution is 0.103. The van der Waals surface area contributed by atoms with Crippen LogP contribution < -0.4 is 5.32 Å². The summed E-state index contributed by atoms with van der Waals surface area (Å²) in [4.78, 5) is 14.2.